The van der Waals surface area contributed by atoms with Gasteiger partial charge in [0.2, 0.25) is 15.9 Å². The standard InChI is InChI=1S/C15H30N4O3S/c1-15(2,3)17-10-5-6-13(12(9-10)18-23(4,21)22)19-8-7-11(16)14(19)20/h10-13,17-18H,5-9,16H2,1-4H3/t10-,11?,12-,13+/m1/s1. The van der Waals surface area contributed by atoms with Crippen molar-refractivity contribution in [3.05, 3.63) is 0 Å². The van der Waals surface area contributed by atoms with Gasteiger partial charge >= 0.3 is 0 Å². The van der Waals surface area contributed by atoms with Gasteiger partial charge in [0.05, 0.1) is 12.3 Å². The average molecular weight is 346 g/mol. The summed E-state index contributed by atoms with van der Waals surface area (Å²) in [5.74, 6) is -0.0578. The summed E-state index contributed by atoms with van der Waals surface area (Å²) in [7, 11) is -3.33. The maximum atomic E-state index is 12.2. The third-order valence-corrected chi connectivity index (χ3v) is 5.23. The molecule has 4 atom stereocenters. The Morgan fingerprint density at radius 3 is 2.35 bits per heavy atom. The number of sulfonamides is 1. The Bertz CT molecular complexity index is 543. The molecule has 2 fully saturated rings. The first kappa shape index (κ1) is 18.6. The van der Waals surface area contributed by atoms with E-state index in [-0.39, 0.29) is 29.6 Å². The zero-order chi connectivity index (χ0) is 17.4. The Hall–Kier alpha value is -0.700. The summed E-state index contributed by atoms with van der Waals surface area (Å²) in [5.41, 5.74) is 5.79. The second-order valence-electron chi connectivity index (χ2n) is 7.89. The van der Waals surface area contributed by atoms with Crippen LogP contribution in [0, 0.1) is 0 Å². The molecule has 0 spiro atoms. The SMILES string of the molecule is CC(C)(C)N[C@@H]1CC[C@H](N2CCC(N)C2=O)[C@H](NS(C)(=O)=O)C1. The van der Waals surface area contributed by atoms with Crippen LogP contribution in [-0.2, 0) is 14.8 Å². The molecule has 1 saturated carbocycles. The molecule has 1 aliphatic heterocycles. The quantitative estimate of drug-likeness (QED) is 0.652. The van der Waals surface area contributed by atoms with E-state index < -0.39 is 16.1 Å². The van der Waals surface area contributed by atoms with E-state index in [0.717, 1.165) is 12.8 Å². The molecule has 0 aromatic heterocycles. The normalized spacial score (nSPS) is 33.3. The smallest absolute Gasteiger partial charge is 0.239 e. The number of carbonyl (C=O) groups excluding carboxylic acids is 1. The van der Waals surface area contributed by atoms with Gasteiger partial charge in [-0.25, -0.2) is 13.1 Å². The molecule has 1 aliphatic carbocycles. The predicted molar refractivity (Wildman–Crippen MR) is 90.4 cm³/mol. The number of nitrogens with two attached hydrogens (primary N) is 1. The number of likely N-dealkylation sites (tertiary alicyclic amines) is 1. The van der Waals surface area contributed by atoms with Crippen molar-refractivity contribution in [1.82, 2.24) is 14.9 Å². The lowest BCUT2D eigenvalue weighted by molar-refractivity contribution is -0.131. The third kappa shape index (κ3) is 5.14. The van der Waals surface area contributed by atoms with Gasteiger partial charge in [0.25, 0.3) is 0 Å². The highest BCUT2D eigenvalue weighted by Crippen LogP contribution is 2.28. The van der Waals surface area contributed by atoms with E-state index in [2.05, 4.69) is 30.8 Å². The van der Waals surface area contributed by atoms with Crippen LogP contribution in [0.3, 0.4) is 0 Å². The van der Waals surface area contributed by atoms with Crippen LogP contribution < -0.4 is 15.8 Å². The van der Waals surface area contributed by atoms with Crippen molar-refractivity contribution in [2.75, 3.05) is 12.8 Å². The average Bonchev–Trinajstić information content (AvgIpc) is 2.67. The monoisotopic (exact) mass is 346 g/mol. The summed E-state index contributed by atoms with van der Waals surface area (Å²) < 4.78 is 26.2. The van der Waals surface area contributed by atoms with Gasteiger partial charge in [-0.3, -0.25) is 4.79 Å². The van der Waals surface area contributed by atoms with Gasteiger partial charge < -0.3 is 16.0 Å². The molecule has 0 radical (unpaired) electrons. The number of nitrogens with one attached hydrogen (secondary N) is 2. The van der Waals surface area contributed by atoms with Gasteiger partial charge in [-0.2, -0.15) is 0 Å². The lowest BCUT2D eigenvalue weighted by Crippen LogP contribution is -2.59. The summed E-state index contributed by atoms with van der Waals surface area (Å²) in [6.45, 7) is 6.91. The van der Waals surface area contributed by atoms with Gasteiger partial charge in [0.15, 0.2) is 0 Å². The molecule has 1 saturated heterocycles. The third-order valence-electron chi connectivity index (χ3n) is 4.50. The fourth-order valence-electron chi connectivity index (χ4n) is 3.73. The molecule has 23 heavy (non-hydrogen) atoms. The van der Waals surface area contributed by atoms with Crippen LogP contribution in [0.25, 0.3) is 0 Å². The molecule has 0 aromatic carbocycles. The first-order valence-electron chi connectivity index (χ1n) is 8.27. The lowest BCUT2D eigenvalue weighted by Gasteiger charge is -2.42. The first-order valence-corrected chi connectivity index (χ1v) is 10.2. The number of carbonyl (C=O) groups is 1. The van der Waals surface area contributed by atoms with Crippen molar-refractivity contribution in [1.29, 1.82) is 0 Å². The summed E-state index contributed by atoms with van der Waals surface area (Å²) >= 11 is 0. The Balaban J connectivity index is 2.13. The van der Waals surface area contributed by atoms with Crippen molar-refractivity contribution in [2.45, 2.75) is 76.2 Å². The largest absolute Gasteiger partial charge is 0.337 e. The van der Waals surface area contributed by atoms with Crippen LogP contribution in [-0.4, -0.2) is 61.7 Å². The number of amides is 1. The van der Waals surface area contributed by atoms with E-state index in [1.54, 1.807) is 4.90 Å². The molecule has 0 bridgehead atoms. The van der Waals surface area contributed by atoms with Crippen LogP contribution in [0.1, 0.15) is 46.5 Å². The van der Waals surface area contributed by atoms with E-state index in [1.807, 2.05) is 0 Å². The Kier molecular flexibility index (Phi) is 5.40. The molecule has 2 aliphatic rings. The Morgan fingerprint density at radius 1 is 1.22 bits per heavy atom. The molecule has 134 valence electrons. The number of rotatable bonds is 4. The molecule has 1 heterocycles. The van der Waals surface area contributed by atoms with Crippen LogP contribution >= 0.6 is 0 Å². The molecule has 1 amide bonds. The van der Waals surface area contributed by atoms with E-state index in [1.165, 1.54) is 6.26 Å². The number of hydrogen-bond acceptors (Lipinski definition) is 5. The lowest BCUT2D eigenvalue weighted by atomic mass is 9.85. The van der Waals surface area contributed by atoms with Crippen LogP contribution in [0.5, 0.6) is 0 Å². The van der Waals surface area contributed by atoms with Crippen molar-refractivity contribution >= 4 is 15.9 Å². The van der Waals surface area contributed by atoms with Gasteiger partial charge in [0, 0.05) is 30.2 Å². The summed E-state index contributed by atoms with van der Waals surface area (Å²) in [6, 6.07) is -0.590. The van der Waals surface area contributed by atoms with Gasteiger partial charge in [0.1, 0.15) is 0 Å². The van der Waals surface area contributed by atoms with E-state index in [0.29, 0.717) is 19.4 Å². The molecular formula is C15H30N4O3S. The first-order chi connectivity index (χ1) is 10.5. The predicted octanol–water partition coefficient (Wildman–Crippen LogP) is -0.227. The van der Waals surface area contributed by atoms with Crippen LogP contribution in [0.4, 0.5) is 0 Å². The van der Waals surface area contributed by atoms with Gasteiger partial charge in [-0.05, 0) is 46.5 Å². The highest BCUT2D eigenvalue weighted by atomic mass is 32.2. The molecular weight excluding hydrogens is 316 g/mol. The zero-order valence-electron chi connectivity index (χ0n) is 14.5. The van der Waals surface area contributed by atoms with Crippen molar-refractivity contribution < 1.29 is 13.2 Å². The highest BCUT2D eigenvalue weighted by Gasteiger charge is 2.41. The minimum Gasteiger partial charge on any atom is -0.337 e. The van der Waals surface area contributed by atoms with E-state index >= 15 is 0 Å². The zero-order valence-corrected chi connectivity index (χ0v) is 15.3. The fourth-order valence-corrected chi connectivity index (χ4v) is 4.53. The van der Waals surface area contributed by atoms with Gasteiger partial charge in [-0.1, -0.05) is 0 Å². The maximum Gasteiger partial charge on any atom is 0.239 e. The fraction of sp³-hybridized carbons (Fsp3) is 0.933. The maximum absolute atomic E-state index is 12.2. The highest BCUT2D eigenvalue weighted by molar-refractivity contribution is 7.88. The molecule has 0 aromatic rings. The number of hydrogen-bond donors (Lipinski definition) is 3. The van der Waals surface area contributed by atoms with Crippen molar-refractivity contribution in [3.63, 3.8) is 0 Å². The minimum absolute atomic E-state index is 0.0288. The van der Waals surface area contributed by atoms with Crippen molar-refractivity contribution in [2.24, 2.45) is 5.73 Å². The molecule has 1 unspecified atom stereocenters. The molecule has 7 nitrogen and oxygen atoms in total. The van der Waals surface area contributed by atoms with E-state index in [4.69, 9.17) is 5.73 Å². The summed E-state index contributed by atoms with van der Waals surface area (Å²) in [6.07, 6.45) is 4.18. The van der Waals surface area contributed by atoms with E-state index in [9.17, 15) is 13.2 Å². The minimum atomic E-state index is -3.33. The Labute approximate surface area is 139 Å². The topological polar surface area (TPSA) is 105 Å². The molecule has 2 rings (SSSR count). The second kappa shape index (κ2) is 6.66. The molecule has 8 heteroatoms. The summed E-state index contributed by atoms with van der Waals surface area (Å²) in [5, 5.41) is 3.54. The summed E-state index contributed by atoms with van der Waals surface area (Å²) in [4.78, 5) is 14.0. The number of nitrogens with zero attached hydrogens (tertiary/aromatic N) is 1. The van der Waals surface area contributed by atoms with Gasteiger partial charge in [-0.15, -0.1) is 0 Å². The second-order valence-corrected chi connectivity index (χ2v) is 9.68. The van der Waals surface area contributed by atoms with Crippen LogP contribution in [0.2, 0.25) is 0 Å². The van der Waals surface area contributed by atoms with Crippen molar-refractivity contribution in [3.8, 4) is 0 Å². The Morgan fingerprint density at radius 2 is 1.87 bits per heavy atom. The molecule has 4 N–H and O–H groups in total. The van der Waals surface area contributed by atoms with Crippen LogP contribution in [0.15, 0.2) is 0 Å².